The number of carbonyl (C=O) groups excluding carboxylic acids is 1. The van der Waals surface area contributed by atoms with Gasteiger partial charge in [0.1, 0.15) is 5.75 Å². The third-order valence-corrected chi connectivity index (χ3v) is 8.65. The van der Waals surface area contributed by atoms with Crippen LogP contribution in [0.3, 0.4) is 0 Å². The van der Waals surface area contributed by atoms with E-state index in [1.807, 2.05) is 30.9 Å². The van der Waals surface area contributed by atoms with Crippen molar-refractivity contribution >= 4 is 11.6 Å². The number of carbonyl (C=O) groups is 1. The number of rotatable bonds is 9. The van der Waals surface area contributed by atoms with Crippen molar-refractivity contribution in [3.8, 4) is 5.75 Å². The molecule has 5 heteroatoms. The van der Waals surface area contributed by atoms with Crippen LogP contribution in [0.1, 0.15) is 66.6 Å². The average Bonchev–Trinajstić information content (AvgIpc) is 3.05. The summed E-state index contributed by atoms with van der Waals surface area (Å²) >= 11 is 0. The second-order valence-corrected chi connectivity index (χ2v) is 11.0. The highest BCUT2D eigenvalue weighted by molar-refractivity contribution is 5.94. The number of piperidine rings is 1. The summed E-state index contributed by atoms with van der Waals surface area (Å²) in [5.41, 5.74) is 5.88. The molecule has 5 rings (SSSR count). The summed E-state index contributed by atoms with van der Waals surface area (Å²) in [6, 6.07) is 26.7. The fourth-order valence-electron chi connectivity index (χ4n) is 6.54. The number of amides is 1. The van der Waals surface area contributed by atoms with Gasteiger partial charge in [-0.15, -0.1) is 0 Å². The van der Waals surface area contributed by atoms with Crippen molar-refractivity contribution < 1.29 is 9.53 Å². The first kappa shape index (κ1) is 27.3. The fourth-order valence-corrected chi connectivity index (χ4v) is 6.54. The van der Waals surface area contributed by atoms with Crippen molar-refractivity contribution in [2.45, 2.75) is 64.6 Å². The Morgan fingerprint density at radius 2 is 1.62 bits per heavy atom. The maximum absolute atomic E-state index is 12.8. The van der Waals surface area contributed by atoms with E-state index < -0.39 is 0 Å². The number of hydrogen-bond acceptors (Lipinski definition) is 4. The molecule has 1 amide bonds. The molecule has 2 bridgehead atoms. The molecule has 0 saturated carbocycles. The summed E-state index contributed by atoms with van der Waals surface area (Å²) in [6.45, 7) is 8.59. The second kappa shape index (κ2) is 12.7. The monoisotopic (exact) mass is 525 g/mol. The molecule has 2 unspecified atom stereocenters. The Morgan fingerprint density at radius 3 is 2.33 bits per heavy atom. The van der Waals surface area contributed by atoms with Crippen LogP contribution in [-0.2, 0) is 13.0 Å². The molecule has 3 aromatic carbocycles. The van der Waals surface area contributed by atoms with Gasteiger partial charge < -0.3 is 14.5 Å². The number of nitrogens with zero attached hydrogens (tertiary/aromatic N) is 3. The number of fused-ring (bicyclic) bond motifs is 2. The quantitative estimate of drug-likeness (QED) is 0.324. The van der Waals surface area contributed by atoms with Crippen molar-refractivity contribution in [3.05, 3.63) is 95.1 Å². The fraction of sp³-hybridized carbons (Fsp3) is 0.441. The van der Waals surface area contributed by atoms with E-state index in [1.54, 1.807) is 7.11 Å². The highest BCUT2D eigenvalue weighted by Gasteiger charge is 2.35. The molecule has 0 radical (unpaired) electrons. The van der Waals surface area contributed by atoms with Gasteiger partial charge in [-0.3, -0.25) is 9.69 Å². The van der Waals surface area contributed by atoms with Crippen LogP contribution in [0.15, 0.2) is 72.8 Å². The molecule has 0 aromatic heterocycles. The zero-order chi connectivity index (χ0) is 27.2. The molecular weight excluding hydrogens is 482 g/mol. The largest absolute Gasteiger partial charge is 0.495 e. The van der Waals surface area contributed by atoms with Crippen molar-refractivity contribution in [1.82, 2.24) is 9.80 Å². The number of para-hydroxylation sites is 1. The molecule has 2 atom stereocenters. The van der Waals surface area contributed by atoms with E-state index in [0.29, 0.717) is 12.1 Å². The molecule has 39 heavy (non-hydrogen) atoms. The Kier molecular flexibility index (Phi) is 8.88. The molecular formula is C34H43N3O2. The van der Waals surface area contributed by atoms with Gasteiger partial charge in [0.05, 0.1) is 12.8 Å². The van der Waals surface area contributed by atoms with Crippen LogP contribution in [0.25, 0.3) is 0 Å². The maximum atomic E-state index is 12.8. The summed E-state index contributed by atoms with van der Waals surface area (Å²) in [7, 11) is 1.79. The van der Waals surface area contributed by atoms with Gasteiger partial charge in [-0.2, -0.15) is 0 Å². The predicted octanol–water partition coefficient (Wildman–Crippen LogP) is 6.40. The molecule has 0 N–H and O–H groups in total. The van der Waals surface area contributed by atoms with Crippen LogP contribution < -0.4 is 9.64 Å². The summed E-state index contributed by atoms with van der Waals surface area (Å²) < 4.78 is 5.95. The minimum Gasteiger partial charge on any atom is -0.495 e. The highest BCUT2D eigenvalue weighted by Crippen LogP contribution is 2.38. The summed E-state index contributed by atoms with van der Waals surface area (Å²) in [5, 5.41) is 0. The van der Waals surface area contributed by atoms with E-state index in [2.05, 4.69) is 70.5 Å². The number of methoxy groups -OCH3 is 1. The molecule has 3 aromatic rings. The molecule has 2 heterocycles. The van der Waals surface area contributed by atoms with Gasteiger partial charge in [0, 0.05) is 50.4 Å². The number of hydrogen-bond donors (Lipinski definition) is 0. The van der Waals surface area contributed by atoms with Gasteiger partial charge in [0.25, 0.3) is 5.91 Å². The van der Waals surface area contributed by atoms with Crippen LogP contribution in [0.5, 0.6) is 5.75 Å². The molecule has 5 nitrogen and oxygen atoms in total. The summed E-state index contributed by atoms with van der Waals surface area (Å²) in [5.74, 6) is 1.05. The molecule has 2 fully saturated rings. The van der Waals surface area contributed by atoms with Crippen molar-refractivity contribution in [1.29, 1.82) is 0 Å². The van der Waals surface area contributed by atoms with Gasteiger partial charge in [-0.05, 0) is 74.4 Å². The Bertz CT molecular complexity index is 1220. The van der Waals surface area contributed by atoms with Crippen molar-refractivity contribution in [3.63, 3.8) is 0 Å². The lowest BCUT2D eigenvalue weighted by molar-refractivity contribution is 0.0773. The van der Waals surface area contributed by atoms with Gasteiger partial charge in [0.15, 0.2) is 0 Å². The van der Waals surface area contributed by atoms with Gasteiger partial charge in [-0.1, -0.05) is 61.0 Å². The Labute approximate surface area is 234 Å². The zero-order valence-electron chi connectivity index (χ0n) is 23.8. The number of anilines is 1. The van der Waals surface area contributed by atoms with Crippen LogP contribution >= 0.6 is 0 Å². The second-order valence-electron chi connectivity index (χ2n) is 11.0. The van der Waals surface area contributed by atoms with E-state index in [4.69, 9.17) is 4.74 Å². The van der Waals surface area contributed by atoms with Crippen LogP contribution in [0, 0.1) is 0 Å². The molecule has 0 aliphatic carbocycles. The van der Waals surface area contributed by atoms with Crippen LogP contribution in [0.2, 0.25) is 0 Å². The SMILES string of the molecule is CCN(CC)C(=O)c1ccc(Cc2cccc(OC)c2N2CCC3CCCC(C2)N3Cc2ccccc2)cc1. The van der Waals surface area contributed by atoms with E-state index in [9.17, 15) is 4.79 Å². The zero-order valence-corrected chi connectivity index (χ0v) is 23.8. The molecule has 2 aliphatic heterocycles. The average molecular weight is 526 g/mol. The topological polar surface area (TPSA) is 36.0 Å². The minimum absolute atomic E-state index is 0.101. The summed E-state index contributed by atoms with van der Waals surface area (Å²) in [6.07, 6.45) is 5.82. The first-order chi connectivity index (χ1) is 19.1. The lowest BCUT2D eigenvalue weighted by Crippen LogP contribution is -2.47. The van der Waals surface area contributed by atoms with Crippen LogP contribution in [-0.4, -0.2) is 61.1 Å². The van der Waals surface area contributed by atoms with E-state index >= 15 is 0 Å². The molecule has 0 spiro atoms. The number of benzene rings is 3. The van der Waals surface area contributed by atoms with Gasteiger partial charge in [-0.25, -0.2) is 0 Å². The first-order valence-corrected chi connectivity index (χ1v) is 14.7. The predicted molar refractivity (Wildman–Crippen MR) is 160 cm³/mol. The first-order valence-electron chi connectivity index (χ1n) is 14.7. The van der Waals surface area contributed by atoms with E-state index in [-0.39, 0.29) is 5.91 Å². The van der Waals surface area contributed by atoms with E-state index in [1.165, 1.54) is 48.1 Å². The maximum Gasteiger partial charge on any atom is 0.253 e. The van der Waals surface area contributed by atoms with Crippen molar-refractivity contribution in [2.75, 3.05) is 38.2 Å². The lowest BCUT2D eigenvalue weighted by atomic mass is 9.94. The highest BCUT2D eigenvalue weighted by atomic mass is 16.5. The Hall–Kier alpha value is -3.31. The Balaban J connectivity index is 1.38. The van der Waals surface area contributed by atoms with Crippen LogP contribution in [0.4, 0.5) is 5.69 Å². The van der Waals surface area contributed by atoms with Crippen molar-refractivity contribution in [2.24, 2.45) is 0 Å². The van der Waals surface area contributed by atoms with E-state index in [0.717, 1.165) is 50.5 Å². The lowest BCUT2D eigenvalue weighted by Gasteiger charge is -2.41. The molecule has 2 saturated heterocycles. The molecule has 206 valence electrons. The molecule has 2 aliphatic rings. The van der Waals surface area contributed by atoms with Gasteiger partial charge >= 0.3 is 0 Å². The summed E-state index contributed by atoms with van der Waals surface area (Å²) in [4.78, 5) is 20.0. The normalized spacial score (nSPS) is 19.4. The third-order valence-electron chi connectivity index (χ3n) is 8.65. The Morgan fingerprint density at radius 1 is 0.872 bits per heavy atom. The standard InChI is InChI=1S/C34H43N3O2/c1-4-35(5-2)34(38)28-19-17-26(18-20-28)23-29-13-9-16-32(39-3)33(29)36-22-21-30-14-10-15-31(25-36)37(30)24-27-11-7-6-8-12-27/h6-9,11-13,16-20,30-31H,4-5,10,14-15,21-25H2,1-3H3. The minimum atomic E-state index is 0.101. The smallest absolute Gasteiger partial charge is 0.253 e. The van der Waals surface area contributed by atoms with Gasteiger partial charge in [0.2, 0.25) is 0 Å². The third kappa shape index (κ3) is 6.14. The number of ether oxygens (including phenoxy) is 1.